The lowest BCUT2D eigenvalue weighted by Gasteiger charge is -2.22. The van der Waals surface area contributed by atoms with Gasteiger partial charge in [0.2, 0.25) is 5.95 Å². The van der Waals surface area contributed by atoms with E-state index in [0.29, 0.717) is 12.4 Å². The Balaban J connectivity index is 1.99. The second-order valence-corrected chi connectivity index (χ2v) is 6.31. The number of nitrogen functional groups attached to an aromatic ring is 1. The molecular formula is C16H20N6O. The van der Waals surface area contributed by atoms with E-state index in [-0.39, 0.29) is 18.0 Å². The molecule has 0 saturated carbocycles. The summed E-state index contributed by atoms with van der Waals surface area (Å²) < 4.78 is 0. The fraction of sp³-hybridized carbons (Fsp3) is 0.312. The van der Waals surface area contributed by atoms with Gasteiger partial charge in [-0.3, -0.25) is 5.10 Å². The van der Waals surface area contributed by atoms with Crippen molar-refractivity contribution in [1.82, 2.24) is 20.2 Å². The minimum atomic E-state index is -0.248. The molecule has 2 aromatic heterocycles. The van der Waals surface area contributed by atoms with Gasteiger partial charge in [-0.15, -0.1) is 0 Å². The van der Waals surface area contributed by atoms with Crippen molar-refractivity contribution in [1.29, 1.82) is 0 Å². The van der Waals surface area contributed by atoms with Crippen LogP contribution in [0.4, 0.5) is 11.8 Å². The van der Waals surface area contributed by atoms with Gasteiger partial charge in [-0.1, -0.05) is 19.9 Å². The van der Waals surface area contributed by atoms with Crippen LogP contribution >= 0.6 is 0 Å². The van der Waals surface area contributed by atoms with Gasteiger partial charge in [-0.25, -0.2) is 4.98 Å². The maximum absolute atomic E-state index is 9.38. The molecule has 3 rings (SSSR count). The summed E-state index contributed by atoms with van der Waals surface area (Å²) in [6, 6.07) is 7.79. The smallest absolute Gasteiger partial charge is 0.222 e. The van der Waals surface area contributed by atoms with Gasteiger partial charge >= 0.3 is 0 Å². The van der Waals surface area contributed by atoms with Crippen molar-refractivity contribution in [3.05, 3.63) is 30.5 Å². The molecule has 120 valence electrons. The van der Waals surface area contributed by atoms with E-state index < -0.39 is 0 Å². The highest BCUT2D eigenvalue weighted by atomic mass is 16.3. The first-order chi connectivity index (χ1) is 11.0. The zero-order chi connectivity index (χ0) is 16.4. The number of rotatable bonds is 5. The monoisotopic (exact) mass is 312 g/mol. The molecule has 0 radical (unpaired) electrons. The van der Waals surface area contributed by atoms with Gasteiger partial charge < -0.3 is 16.2 Å². The highest BCUT2D eigenvalue weighted by molar-refractivity contribution is 5.92. The Morgan fingerprint density at radius 2 is 2.09 bits per heavy atom. The second-order valence-electron chi connectivity index (χ2n) is 6.31. The molecule has 23 heavy (non-hydrogen) atoms. The maximum atomic E-state index is 9.38. The summed E-state index contributed by atoms with van der Waals surface area (Å²) in [6.07, 6.45) is 1.71. The van der Waals surface area contributed by atoms with Crippen molar-refractivity contribution in [2.45, 2.75) is 13.8 Å². The molecule has 0 aliphatic carbocycles. The van der Waals surface area contributed by atoms with Gasteiger partial charge in [0.15, 0.2) is 0 Å². The van der Waals surface area contributed by atoms with Gasteiger partial charge in [-0.2, -0.15) is 10.1 Å². The number of aliphatic hydroxyl groups excluding tert-OH is 1. The molecule has 5 N–H and O–H groups in total. The Labute approximate surface area is 134 Å². The van der Waals surface area contributed by atoms with Crippen molar-refractivity contribution in [2.24, 2.45) is 5.41 Å². The van der Waals surface area contributed by atoms with E-state index >= 15 is 0 Å². The second kappa shape index (κ2) is 5.85. The Morgan fingerprint density at radius 1 is 1.26 bits per heavy atom. The van der Waals surface area contributed by atoms with E-state index in [1.165, 1.54) is 0 Å². The fourth-order valence-corrected chi connectivity index (χ4v) is 2.25. The predicted molar refractivity (Wildman–Crippen MR) is 90.9 cm³/mol. The molecular weight excluding hydrogens is 292 g/mol. The van der Waals surface area contributed by atoms with Crippen molar-refractivity contribution in [3.8, 4) is 11.3 Å². The van der Waals surface area contributed by atoms with E-state index in [4.69, 9.17) is 5.73 Å². The maximum Gasteiger partial charge on any atom is 0.222 e. The summed E-state index contributed by atoms with van der Waals surface area (Å²) in [4.78, 5) is 8.60. The predicted octanol–water partition coefficient (Wildman–Crippen LogP) is 2.03. The fourth-order valence-electron chi connectivity index (χ4n) is 2.25. The van der Waals surface area contributed by atoms with Crippen LogP contribution < -0.4 is 11.1 Å². The number of anilines is 2. The number of nitrogens with zero attached hydrogens (tertiary/aromatic N) is 3. The van der Waals surface area contributed by atoms with Gasteiger partial charge in [0, 0.05) is 35.7 Å². The lowest BCUT2D eigenvalue weighted by atomic mass is 9.95. The van der Waals surface area contributed by atoms with Crippen LogP contribution in [-0.2, 0) is 0 Å². The standard InChI is InChI=1S/C16H20N6O/c1-16(2,9-23)8-18-14-11-4-3-10(12-5-6-19-22-12)7-13(11)20-15(17)21-14/h3-7,23H,8-9H2,1-2H3,(H,19,22)(H3,17,18,20,21). The molecule has 0 saturated heterocycles. The zero-order valence-corrected chi connectivity index (χ0v) is 13.2. The molecule has 3 aromatic rings. The Kier molecular flexibility index (Phi) is 3.87. The lowest BCUT2D eigenvalue weighted by Crippen LogP contribution is -2.27. The number of aliphatic hydroxyl groups is 1. The SMILES string of the molecule is CC(C)(CO)CNc1nc(N)nc2cc(-c3ccn[nH]3)ccc12. The van der Waals surface area contributed by atoms with E-state index in [1.54, 1.807) is 6.20 Å². The Morgan fingerprint density at radius 3 is 2.78 bits per heavy atom. The first-order valence-electron chi connectivity index (χ1n) is 7.40. The van der Waals surface area contributed by atoms with Gasteiger partial charge in [0.25, 0.3) is 0 Å². The van der Waals surface area contributed by atoms with Crippen molar-refractivity contribution < 1.29 is 5.11 Å². The number of hydrogen-bond acceptors (Lipinski definition) is 6. The highest BCUT2D eigenvalue weighted by Gasteiger charge is 2.17. The first kappa shape index (κ1) is 15.2. The molecule has 0 amide bonds. The summed E-state index contributed by atoms with van der Waals surface area (Å²) in [6.45, 7) is 4.62. The number of fused-ring (bicyclic) bond motifs is 1. The summed E-state index contributed by atoms with van der Waals surface area (Å²) in [7, 11) is 0. The number of aromatic amines is 1. The molecule has 7 nitrogen and oxygen atoms in total. The Bertz CT molecular complexity index is 813. The quantitative estimate of drug-likeness (QED) is 0.573. The van der Waals surface area contributed by atoms with Crippen LogP contribution in [-0.4, -0.2) is 38.4 Å². The van der Waals surface area contributed by atoms with Crippen molar-refractivity contribution >= 4 is 22.7 Å². The molecule has 0 spiro atoms. The molecule has 0 unspecified atom stereocenters. The van der Waals surface area contributed by atoms with Crippen LogP contribution in [0.15, 0.2) is 30.5 Å². The van der Waals surface area contributed by atoms with Gasteiger partial charge in [0.05, 0.1) is 11.2 Å². The normalized spacial score (nSPS) is 11.8. The molecule has 2 heterocycles. The summed E-state index contributed by atoms with van der Waals surface area (Å²) in [5, 5.41) is 20.4. The van der Waals surface area contributed by atoms with Crippen LogP contribution in [0, 0.1) is 5.41 Å². The number of nitrogens with two attached hydrogens (primary N) is 1. The van der Waals surface area contributed by atoms with Gasteiger partial charge in [0.1, 0.15) is 5.82 Å². The topological polar surface area (TPSA) is 113 Å². The molecule has 0 aliphatic heterocycles. The number of aromatic nitrogens is 4. The summed E-state index contributed by atoms with van der Waals surface area (Å²) >= 11 is 0. The summed E-state index contributed by atoms with van der Waals surface area (Å²) in [5.41, 5.74) is 8.24. The van der Waals surface area contributed by atoms with E-state index in [0.717, 1.165) is 22.2 Å². The molecule has 0 bridgehead atoms. The van der Waals surface area contributed by atoms with E-state index in [1.807, 2.05) is 38.1 Å². The molecule has 1 aromatic carbocycles. The number of hydrogen-bond donors (Lipinski definition) is 4. The third-order valence-corrected chi connectivity index (χ3v) is 3.69. The zero-order valence-electron chi connectivity index (χ0n) is 13.2. The van der Waals surface area contributed by atoms with Crippen LogP contribution in [0.2, 0.25) is 0 Å². The molecule has 0 fully saturated rings. The number of nitrogens with one attached hydrogen (secondary N) is 2. The van der Waals surface area contributed by atoms with Crippen LogP contribution in [0.1, 0.15) is 13.8 Å². The van der Waals surface area contributed by atoms with Crippen molar-refractivity contribution in [3.63, 3.8) is 0 Å². The van der Waals surface area contributed by atoms with Gasteiger partial charge in [-0.05, 0) is 18.2 Å². The third kappa shape index (κ3) is 3.24. The summed E-state index contributed by atoms with van der Waals surface area (Å²) in [5.74, 6) is 0.883. The van der Waals surface area contributed by atoms with E-state index in [2.05, 4.69) is 25.5 Å². The van der Waals surface area contributed by atoms with E-state index in [9.17, 15) is 5.11 Å². The number of H-pyrrole nitrogens is 1. The van der Waals surface area contributed by atoms with Crippen LogP contribution in [0.25, 0.3) is 22.2 Å². The molecule has 0 atom stereocenters. The Hall–Kier alpha value is -2.67. The lowest BCUT2D eigenvalue weighted by molar-refractivity contribution is 0.171. The third-order valence-electron chi connectivity index (χ3n) is 3.69. The van der Waals surface area contributed by atoms with Crippen LogP contribution in [0.3, 0.4) is 0 Å². The minimum absolute atomic E-state index is 0.0858. The highest BCUT2D eigenvalue weighted by Crippen LogP contribution is 2.27. The molecule has 0 aliphatic rings. The van der Waals surface area contributed by atoms with Crippen molar-refractivity contribution in [2.75, 3.05) is 24.2 Å². The average molecular weight is 312 g/mol. The van der Waals surface area contributed by atoms with Crippen LogP contribution in [0.5, 0.6) is 0 Å². The number of benzene rings is 1. The molecule has 7 heteroatoms. The average Bonchev–Trinajstić information content (AvgIpc) is 3.06. The largest absolute Gasteiger partial charge is 0.396 e. The first-order valence-corrected chi connectivity index (χ1v) is 7.40. The minimum Gasteiger partial charge on any atom is -0.396 e.